The third kappa shape index (κ3) is 5.49. The number of para-hydroxylation sites is 4. The van der Waals surface area contributed by atoms with Crippen LogP contribution in [0.5, 0.6) is 0 Å². The van der Waals surface area contributed by atoms with Gasteiger partial charge >= 0.3 is 0 Å². The van der Waals surface area contributed by atoms with E-state index in [2.05, 4.69) is 132 Å². The number of benzene rings is 9. The van der Waals surface area contributed by atoms with Crippen LogP contribution in [0.25, 0.3) is 70.6 Å². The molecule has 0 radical (unpaired) electrons. The molecule has 1 aliphatic carbocycles. The third-order valence-electron chi connectivity index (χ3n) is 12.9. The highest BCUT2D eigenvalue weighted by atomic mass is 16.3. The van der Waals surface area contributed by atoms with Gasteiger partial charge in [-0.3, -0.25) is 0 Å². The first-order valence-electron chi connectivity index (χ1n) is 21.0. The lowest BCUT2D eigenvalue weighted by atomic mass is 9.80. The fourth-order valence-corrected chi connectivity index (χ4v) is 9.94. The quantitative estimate of drug-likeness (QED) is 0.157. The average molecular weight is 809 g/mol. The van der Waals surface area contributed by atoms with E-state index in [4.69, 9.17) is 15.4 Å². The van der Waals surface area contributed by atoms with Crippen molar-refractivity contribution < 1.29 is 8.83 Å². The largest absolute Gasteiger partial charge is 0.454 e. The molecule has 11 aromatic rings. The molecule has 0 bridgehead atoms. The van der Waals surface area contributed by atoms with Gasteiger partial charge in [0.15, 0.2) is 16.9 Å². The molecule has 0 N–H and O–H groups in total. The minimum atomic E-state index is -0.349. The number of nitrogens with zero attached hydrogens (tertiary/aromatic N) is 4. The van der Waals surface area contributed by atoms with Gasteiger partial charge in [-0.05, 0) is 118 Å². The predicted molar refractivity (Wildman–Crippen MR) is 256 cm³/mol. The van der Waals surface area contributed by atoms with E-state index in [1.807, 2.05) is 84.9 Å². The van der Waals surface area contributed by atoms with Gasteiger partial charge in [-0.2, -0.15) is 5.26 Å². The second-order valence-corrected chi connectivity index (χ2v) is 16.7. The van der Waals surface area contributed by atoms with Gasteiger partial charge in [-0.25, -0.2) is 4.85 Å². The lowest BCUT2D eigenvalue weighted by Crippen LogP contribution is -2.17. The molecule has 0 atom stereocenters. The summed E-state index contributed by atoms with van der Waals surface area (Å²) in [6.07, 6.45) is 0. The highest BCUT2D eigenvalue weighted by Gasteiger charge is 2.38. The minimum Gasteiger partial charge on any atom is -0.454 e. The Hall–Kier alpha value is -8.58. The molecule has 0 fully saturated rings. The van der Waals surface area contributed by atoms with E-state index in [9.17, 15) is 5.26 Å². The molecule has 0 aliphatic heterocycles. The summed E-state index contributed by atoms with van der Waals surface area (Å²) in [6, 6.07) is 64.8. The molecule has 0 saturated carbocycles. The maximum atomic E-state index is 9.68. The molecule has 296 valence electrons. The van der Waals surface area contributed by atoms with Gasteiger partial charge in [0.05, 0.1) is 29.6 Å². The first kappa shape index (κ1) is 36.3. The predicted octanol–water partition coefficient (Wildman–Crippen LogP) is 16.3. The van der Waals surface area contributed by atoms with Crippen LogP contribution in [0.1, 0.15) is 30.5 Å². The number of hydrogen-bond acceptors (Lipinski definition) is 5. The molecule has 0 saturated heterocycles. The molecule has 6 nitrogen and oxygen atoms in total. The summed E-state index contributed by atoms with van der Waals surface area (Å²) >= 11 is 0. The molecule has 12 rings (SSSR count). The van der Waals surface area contributed by atoms with Crippen molar-refractivity contribution in [3.63, 3.8) is 0 Å². The number of anilines is 6. The van der Waals surface area contributed by atoms with Crippen LogP contribution in [0, 0.1) is 17.9 Å². The SMILES string of the molecule is [C-]#[N+]c1ccc(N(c2ccc3c4c(ccc3c2)-c2ccc(N(c3ccc(C#N)cc3)c3cccc5c3oc3ccccc35)cc2C4(C)C)c2cccc3c2oc2ccccc23)cc1. The topological polar surface area (TPSA) is 60.9 Å². The van der Waals surface area contributed by atoms with Crippen LogP contribution >= 0.6 is 0 Å². The summed E-state index contributed by atoms with van der Waals surface area (Å²) in [5, 5.41) is 16.2. The van der Waals surface area contributed by atoms with Crippen molar-refractivity contribution in [1.29, 1.82) is 5.26 Å². The van der Waals surface area contributed by atoms with E-state index in [1.54, 1.807) is 0 Å². The van der Waals surface area contributed by atoms with Crippen LogP contribution in [0.3, 0.4) is 0 Å². The first-order valence-corrected chi connectivity index (χ1v) is 21.0. The maximum Gasteiger partial charge on any atom is 0.187 e. The van der Waals surface area contributed by atoms with Crippen LogP contribution in [0.4, 0.5) is 39.8 Å². The molecule has 9 aromatic carbocycles. The number of nitriles is 1. The standard InChI is InChI=1S/C57H36N4O2/c1-57(2)49-33-41(61(38-23-18-35(34-58)19-24-38)51-15-9-13-48-45-11-5-7-17-53(45)63-56(48)51)28-31-43(49)46-29-20-36-32-40(27-30-42(36)54(46)57)60(39-25-21-37(59-3)22-26-39)50-14-8-12-47-44-10-4-6-16-52(44)62-55(47)50/h4-33H,1-2H3. The van der Waals surface area contributed by atoms with Gasteiger partial charge in [0.2, 0.25) is 0 Å². The minimum absolute atomic E-state index is 0.349. The van der Waals surface area contributed by atoms with Gasteiger partial charge in [0.1, 0.15) is 11.2 Å². The van der Waals surface area contributed by atoms with Crippen molar-refractivity contribution in [1.82, 2.24) is 0 Å². The average Bonchev–Trinajstić information content (AvgIpc) is 3.98. The lowest BCUT2D eigenvalue weighted by molar-refractivity contribution is 0.666. The molecular weight excluding hydrogens is 773 g/mol. The summed E-state index contributed by atoms with van der Waals surface area (Å²) in [6.45, 7) is 12.3. The van der Waals surface area contributed by atoms with Crippen molar-refractivity contribution in [2.45, 2.75) is 19.3 Å². The lowest BCUT2D eigenvalue weighted by Gasteiger charge is -2.29. The fourth-order valence-electron chi connectivity index (χ4n) is 9.94. The van der Waals surface area contributed by atoms with E-state index in [0.29, 0.717) is 11.3 Å². The maximum absolute atomic E-state index is 9.68. The molecule has 1 aliphatic rings. The van der Waals surface area contributed by atoms with Crippen LogP contribution in [0.2, 0.25) is 0 Å². The molecule has 0 spiro atoms. The smallest absolute Gasteiger partial charge is 0.187 e. The fraction of sp³-hybridized carbons (Fsp3) is 0.0526. The van der Waals surface area contributed by atoms with Crippen LogP contribution < -0.4 is 9.80 Å². The molecule has 0 unspecified atom stereocenters. The molecule has 0 amide bonds. The highest BCUT2D eigenvalue weighted by molar-refractivity contribution is 6.12. The van der Waals surface area contributed by atoms with Crippen molar-refractivity contribution in [2.75, 3.05) is 9.80 Å². The Labute approximate surface area is 363 Å². The second-order valence-electron chi connectivity index (χ2n) is 16.7. The van der Waals surface area contributed by atoms with Crippen molar-refractivity contribution in [3.05, 3.63) is 210 Å². The Morgan fingerprint density at radius 2 is 1.03 bits per heavy atom. The monoisotopic (exact) mass is 808 g/mol. The molecule has 6 heteroatoms. The zero-order valence-electron chi connectivity index (χ0n) is 34.4. The first-order chi connectivity index (χ1) is 30.9. The Balaban J connectivity index is 0.997. The van der Waals surface area contributed by atoms with E-state index in [0.717, 1.165) is 83.4 Å². The van der Waals surface area contributed by atoms with E-state index < -0.39 is 0 Å². The third-order valence-corrected chi connectivity index (χ3v) is 12.9. The van der Waals surface area contributed by atoms with E-state index >= 15 is 0 Å². The highest BCUT2D eigenvalue weighted by Crippen LogP contribution is 2.54. The van der Waals surface area contributed by atoms with Crippen LogP contribution in [-0.2, 0) is 5.41 Å². The second kappa shape index (κ2) is 13.7. The van der Waals surface area contributed by atoms with Crippen molar-refractivity contribution in [3.8, 4) is 17.2 Å². The summed E-state index contributed by atoms with van der Waals surface area (Å²) in [4.78, 5) is 8.15. The van der Waals surface area contributed by atoms with E-state index in [1.165, 1.54) is 27.6 Å². The zero-order valence-corrected chi connectivity index (χ0v) is 34.4. The zero-order chi connectivity index (χ0) is 42.4. The molecular formula is C57H36N4O2. The van der Waals surface area contributed by atoms with E-state index in [-0.39, 0.29) is 5.41 Å². The van der Waals surface area contributed by atoms with Crippen molar-refractivity contribution in [2.24, 2.45) is 0 Å². The Morgan fingerprint density at radius 3 is 1.63 bits per heavy atom. The number of furan rings is 2. The van der Waals surface area contributed by atoms with Gasteiger partial charge in [0, 0.05) is 49.7 Å². The molecule has 2 aromatic heterocycles. The van der Waals surface area contributed by atoms with Crippen molar-refractivity contribution >= 4 is 94.5 Å². The van der Waals surface area contributed by atoms with Gasteiger partial charge in [0.25, 0.3) is 0 Å². The summed E-state index contributed by atoms with van der Waals surface area (Å²) in [5.74, 6) is 0. The number of rotatable bonds is 6. The summed E-state index contributed by atoms with van der Waals surface area (Å²) in [7, 11) is 0. The normalized spacial score (nSPS) is 12.7. The summed E-state index contributed by atoms with van der Waals surface area (Å²) < 4.78 is 13.2. The summed E-state index contributed by atoms with van der Waals surface area (Å²) in [5.41, 5.74) is 14.8. The van der Waals surface area contributed by atoms with Gasteiger partial charge in [-0.15, -0.1) is 0 Å². The molecule has 63 heavy (non-hydrogen) atoms. The Bertz CT molecular complexity index is 3750. The van der Waals surface area contributed by atoms with Crippen LogP contribution in [0.15, 0.2) is 191 Å². The molecule has 2 heterocycles. The van der Waals surface area contributed by atoms with Crippen LogP contribution in [-0.4, -0.2) is 0 Å². The van der Waals surface area contributed by atoms with Gasteiger partial charge in [-0.1, -0.05) is 111 Å². The van der Waals surface area contributed by atoms with Gasteiger partial charge < -0.3 is 18.6 Å². The Morgan fingerprint density at radius 1 is 0.508 bits per heavy atom. The number of fused-ring (bicyclic) bond motifs is 11. The number of hydrogen-bond donors (Lipinski definition) is 0. The Kier molecular flexibility index (Phi) is 7.90.